The maximum absolute atomic E-state index is 14.6. The number of fused-ring (bicyclic) bond motifs is 2. The summed E-state index contributed by atoms with van der Waals surface area (Å²) in [6.45, 7) is -0.161. The van der Waals surface area contributed by atoms with Crippen LogP contribution in [0.25, 0.3) is 17.2 Å². The van der Waals surface area contributed by atoms with E-state index in [1.807, 2.05) is 0 Å². The number of imidazole rings is 1. The van der Waals surface area contributed by atoms with Crippen molar-refractivity contribution in [3.05, 3.63) is 52.1 Å². The molecule has 15 heteroatoms. The molecule has 4 heterocycles. The zero-order valence-electron chi connectivity index (χ0n) is 20.6. The van der Waals surface area contributed by atoms with Gasteiger partial charge in [-0.05, 0) is 29.8 Å². The van der Waals surface area contributed by atoms with E-state index < -0.39 is 58.3 Å². The Hall–Kier alpha value is -3.17. The number of carbonyl (C=O) groups is 1. The fraction of sp³-hybridized carbons (Fsp3) is 0.375. The van der Waals surface area contributed by atoms with Gasteiger partial charge in [0, 0.05) is 28.3 Å². The van der Waals surface area contributed by atoms with Crippen LogP contribution in [0.4, 0.5) is 8.78 Å². The molecule has 39 heavy (non-hydrogen) atoms. The van der Waals surface area contributed by atoms with E-state index in [0.717, 1.165) is 24.3 Å². The van der Waals surface area contributed by atoms with Crippen LogP contribution in [0.2, 0.25) is 5.02 Å². The molecule has 2 aliphatic heterocycles. The van der Waals surface area contributed by atoms with Crippen molar-refractivity contribution in [1.29, 1.82) is 0 Å². The number of H-pyrrole nitrogens is 1. The second-order valence-corrected chi connectivity index (χ2v) is 12.2. The number of halogens is 3. The van der Waals surface area contributed by atoms with E-state index in [1.54, 1.807) is 0 Å². The van der Waals surface area contributed by atoms with Crippen LogP contribution in [-0.2, 0) is 30.6 Å². The highest BCUT2D eigenvalue weighted by molar-refractivity contribution is 7.92. The lowest BCUT2D eigenvalue weighted by Gasteiger charge is -2.15. The summed E-state index contributed by atoms with van der Waals surface area (Å²) in [6, 6.07) is 3.63. The number of amides is 1. The molecule has 11 nitrogen and oxygen atoms in total. The van der Waals surface area contributed by atoms with E-state index in [9.17, 15) is 22.9 Å². The van der Waals surface area contributed by atoms with Crippen LogP contribution < -0.4 is 9.47 Å². The second kappa shape index (κ2) is 10.8. The Morgan fingerprint density at radius 2 is 1.95 bits per heavy atom. The zero-order valence-corrected chi connectivity index (χ0v) is 22.2. The van der Waals surface area contributed by atoms with Crippen LogP contribution in [-0.4, -0.2) is 80.3 Å². The molecular weight excluding hydrogens is 562 g/mol. The maximum Gasteiger partial charge on any atom is 0.296 e. The van der Waals surface area contributed by atoms with Crippen molar-refractivity contribution in [1.82, 2.24) is 15.0 Å². The lowest BCUT2D eigenvalue weighted by molar-refractivity contribution is -0.113. The maximum atomic E-state index is 14.6. The van der Waals surface area contributed by atoms with Crippen LogP contribution in [0.15, 0.2) is 28.6 Å². The predicted molar refractivity (Wildman–Crippen MR) is 136 cm³/mol. The average Bonchev–Trinajstić information content (AvgIpc) is 3.53. The number of nitrogens with zero attached hydrogens (tertiary/aromatic N) is 3. The predicted octanol–water partition coefficient (Wildman–Crippen LogP) is 2.64. The second-order valence-electron chi connectivity index (χ2n) is 9.20. The van der Waals surface area contributed by atoms with E-state index >= 15 is 0 Å². The van der Waals surface area contributed by atoms with Crippen LogP contribution >= 0.6 is 11.6 Å². The van der Waals surface area contributed by atoms with Gasteiger partial charge in [0.05, 0.1) is 24.3 Å². The molecule has 1 amide bonds. The summed E-state index contributed by atoms with van der Waals surface area (Å²) in [5.41, 5.74) is 0.301. The monoisotopic (exact) mass is 584 g/mol. The molecule has 2 fully saturated rings. The lowest BCUT2D eigenvalue weighted by atomic mass is 10.1. The van der Waals surface area contributed by atoms with Gasteiger partial charge in [0.2, 0.25) is 5.88 Å². The molecule has 4 atom stereocenters. The highest BCUT2D eigenvalue weighted by Gasteiger charge is 2.48. The van der Waals surface area contributed by atoms with E-state index in [2.05, 4.69) is 19.3 Å². The van der Waals surface area contributed by atoms with Crippen molar-refractivity contribution in [3.8, 4) is 11.9 Å². The number of aliphatic hydroxyl groups is 1. The summed E-state index contributed by atoms with van der Waals surface area (Å²) < 4.78 is 66.7. The fourth-order valence-corrected chi connectivity index (χ4v) is 4.84. The quantitative estimate of drug-likeness (QED) is 0.400. The van der Waals surface area contributed by atoms with Gasteiger partial charge >= 0.3 is 0 Å². The van der Waals surface area contributed by atoms with Gasteiger partial charge in [0.15, 0.2) is 11.8 Å². The first kappa shape index (κ1) is 27.4. The minimum absolute atomic E-state index is 0.0640. The minimum atomic E-state index is -2.65. The number of rotatable bonds is 7. The largest absolute Gasteiger partial charge is 0.471 e. The van der Waals surface area contributed by atoms with Gasteiger partial charge in [-0.25, -0.2) is 13.0 Å². The molecule has 0 unspecified atom stereocenters. The molecule has 5 rings (SSSR count). The Bertz CT molecular complexity index is 1560. The number of aromatic amines is 1. The number of aromatic nitrogens is 3. The molecule has 2 aromatic heterocycles. The summed E-state index contributed by atoms with van der Waals surface area (Å²) in [4.78, 5) is 23.1. The first-order chi connectivity index (χ1) is 18.5. The van der Waals surface area contributed by atoms with Gasteiger partial charge in [-0.1, -0.05) is 11.6 Å². The summed E-state index contributed by atoms with van der Waals surface area (Å²) in [5.74, 6) is -2.73. The van der Waals surface area contributed by atoms with Crippen molar-refractivity contribution in [2.45, 2.75) is 31.0 Å². The number of hydrogen-bond donors (Lipinski definition) is 2. The Kier molecular flexibility index (Phi) is 7.57. The molecule has 2 aliphatic rings. The third kappa shape index (κ3) is 6.20. The number of ether oxygens (including phenoxy) is 4. The minimum Gasteiger partial charge on any atom is -0.471 e. The van der Waals surface area contributed by atoms with Gasteiger partial charge < -0.3 is 29.0 Å². The van der Waals surface area contributed by atoms with Crippen molar-refractivity contribution in [2.75, 3.05) is 25.7 Å². The highest BCUT2D eigenvalue weighted by Crippen LogP contribution is 2.31. The number of hydrogen-bond acceptors (Lipinski definition) is 9. The third-order valence-electron chi connectivity index (χ3n) is 5.86. The average molecular weight is 585 g/mol. The summed E-state index contributed by atoms with van der Waals surface area (Å²) in [6.07, 6.45) is 2.62. The number of carbonyl (C=O) groups excluding carboxylic acids is 1. The van der Waals surface area contributed by atoms with Gasteiger partial charge in [0.25, 0.3) is 11.9 Å². The van der Waals surface area contributed by atoms with Gasteiger partial charge in [0.1, 0.15) is 41.6 Å². The molecule has 0 spiro atoms. The van der Waals surface area contributed by atoms with Crippen LogP contribution in [0.5, 0.6) is 11.9 Å². The fourth-order valence-electron chi connectivity index (χ4n) is 4.14. The molecule has 0 bridgehead atoms. The molecule has 208 valence electrons. The van der Waals surface area contributed by atoms with Crippen molar-refractivity contribution >= 4 is 44.5 Å². The number of nitrogens with one attached hydrogen (secondary N) is 1. The third-order valence-corrected chi connectivity index (χ3v) is 6.75. The Morgan fingerprint density at radius 3 is 2.67 bits per heavy atom. The normalized spacial score (nSPS) is 22.9. The van der Waals surface area contributed by atoms with Crippen molar-refractivity contribution in [3.63, 3.8) is 0 Å². The molecule has 2 saturated heterocycles. The summed E-state index contributed by atoms with van der Waals surface area (Å²) in [5, 5.41) is 9.94. The summed E-state index contributed by atoms with van der Waals surface area (Å²) in [7, 11) is -2.65. The molecular formula is C24H23ClF2N4O7S. The highest BCUT2D eigenvalue weighted by atomic mass is 35.5. The number of benzene rings is 1. The van der Waals surface area contributed by atoms with E-state index in [1.165, 1.54) is 18.6 Å². The summed E-state index contributed by atoms with van der Waals surface area (Å²) >= 11 is 6.26. The molecule has 0 aliphatic carbocycles. The van der Waals surface area contributed by atoms with Crippen molar-refractivity contribution in [2.24, 2.45) is 4.36 Å². The first-order valence-electron chi connectivity index (χ1n) is 11.6. The van der Waals surface area contributed by atoms with E-state index in [0.29, 0.717) is 5.52 Å². The van der Waals surface area contributed by atoms with Gasteiger partial charge in [-0.2, -0.15) is 14.3 Å². The standard InChI is InChI=1S/C24H23ClF2N4O7S/c1-39(2,34)31-19(33)4-3-11-5-14(26)12(15(27)6-11)8-37-23-13(25)7-16-22(29-23)30-24(28-16)38-18-10-36-20-17(32)9-35-21(18)20/h3-7,17-18,20-21,32H,8-10H2,1-2H3,(H,28,29,30)/b4-3+/t17-,18-,20-,21-/m1/s1. The van der Waals surface area contributed by atoms with Gasteiger partial charge in [-0.15, -0.1) is 0 Å². The van der Waals surface area contributed by atoms with Crippen LogP contribution in [0.3, 0.4) is 0 Å². The topological polar surface area (TPSA) is 145 Å². The Balaban J connectivity index is 1.27. The number of aliphatic hydroxyl groups excluding tert-OH is 1. The zero-order chi connectivity index (χ0) is 27.9. The molecule has 2 N–H and O–H groups in total. The molecule has 3 aromatic rings. The molecule has 0 saturated carbocycles. The smallest absolute Gasteiger partial charge is 0.296 e. The SMILES string of the molecule is CS(C)(=O)=NC(=O)/C=C/c1cc(F)c(COc2nc3nc(O[C@@H]4CO[C@H]5[C@@H]4OC[C@H]5O)[nH]c3cc2Cl)c(F)c1. The van der Waals surface area contributed by atoms with Crippen LogP contribution in [0, 0.1) is 11.6 Å². The van der Waals surface area contributed by atoms with Gasteiger partial charge in [-0.3, -0.25) is 4.79 Å². The molecule has 0 radical (unpaired) electrons. The van der Waals surface area contributed by atoms with Crippen molar-refractivity contribution < 1.29 is 41.8 Å². The Labute approximate surface area is 226 Å². The molecule has 1 aromatic carbocycles. The van der Waals surface area contributed by atoms with E-state index in [-0.39, 0.29) is 46.9 Å². The first-order valence-corrected chi connectivity index (χ1v) is 14.3. The lowest BCUT2D eigenvalue weighted by Crippen LogP contribution is -2.34. The van der Waals surface area contributed by atoms with E-state index in [4.69, 9.17) is 30.5 Å². The van der Waals surface area contributed by atoms with Crippen LogP contribution in [0.1, 0.15) is 11.1 Å². The Morgan fingerprint density at radius 1 is 1.23 bits per heavy atom. The number of pyridine rings is 1.